The van der Waals surface area contributed by atoms with Gasteiger partial charge in [-0.3, -0.25) is 9.59 Å². The van der Waals surface area contributed by atoms with Gasteiger partial charge in [0.25, 0.3) is 5.91 Å². The van der Waals surface area contributed by atoms with E-state index in [4.69, 9.17) is 9.15 Å². The van der Waals surface area contributed by atoms with Crippen molar-refractivity contribution in [1.29, 1.82) is 0 Å². The van der Waals surface area contributed by atoms with Crippen molar-refractivity contribution in [2.24, 2.45) is 11.8 Å². The number of phenols is 1. The zero-order valence-corrected chi connectivity index (χ0v) is 15.0. The molecule has 6 heteroatoms. The molecule has 2 aromatic rings. The Morgan fingerprint density at radius 2 is 2.23 bits per heavy atom. The molecule has 1 aromatic carbocycles. The Morgan fingerprint density at radius 3 is 3.04 bits per heavy atom. The van der Waals surface area contributed by atoms with Crippen LogP contribution < -0.4 is 5.32 Å². The average molecular weight is 359 g/mol. The average Bonchev–Trinajstić information content (AvgIpc) is 2.87. The lowest BCUT2D eigenvalue weighted by Crippen LogP contribution is -2.26. The number of fused-ring (bicyclic) bond motifs is 1. The fourth-order valence-corrected chi connectivity index (χ4v) is 3.59. The number of benzene rings is 1. The van der Waals surface area contributed by atoms with Crippen LogP contribution in [0.5, 0.6) is 5.75 Å². The van der Waals surface area contributed by atoms with Crippen LogP contribution in [0.25, 0.3) is 11.0 Å². The number of aldehydes is 1. The molecule has 1 fully saturated rings. The molecule has 0 radical (unpaired) electrons. The van der Waals surface area contributed by atoms with E-state index in [-0.39, 0.29) is 23.0 Å². The summed E-state index contributed by atoms with van der Waals surface area (Å²) in [7, 11) is 0. The largest absolute Gasteiger partial charge is 0.507 e. The molecule has 1 aliphatic rings. The van der Waals surface area contributed by atoms with Gasteiger partial charge in [-0.25, -0.2) is 0 Å². The highest BCUT2D eigenvalue weighted by Crippen LogP contribution is 2.29. The monoisotopic (exact) mass is 359 g/mol. The first-order valence-corrected chi connectivity index (χ1v) is 9.16. The third-order valence-electron chi connectivity index (χ3n) is 5.25. The number of rotatable bonds is 6. The van der Waals surface area contributed by atoms with Crippen LogP contribution in [0.3, 0.4) is 0 Å². The van der Waals surface area contributed by atoms with Crippen LogP contribution in [-0.2, 0) is 4.74 Å². The van der Waals surface area contributed by atoms with Gasteiger partial charge in [-0.1, -0.05) is 6.92 Å². The standard InChI is InChI=1S/C20H25NO5/c1-13(14-3-2-9-25-10-7-14)6-8-21-20(24)19-11-15-16(12-22)17(23)4-5-18(15)26-19/h4-5,11-14,23H,2-3,6-10H2,1H3,(H,21,24)/t13-,14+/m1/s1. The molecule has 3 rings (SSSR count). The number of carbonyl (C=O) groups excluding carboxylic acids is 2. The van der Waals surface area contributed by atoms with Crippen LogP contribution in [0.15, 0.2) is 22.6 Å². The van der Waals surface area contributed by atoms with Crippen molar-refractivity contribution in [3.05, 3.63) is 29.5 Å². The first-order valence-electron chi connectivity index (χ1n) is 9.16. The third kappa shape index (κ3) is 4.07. The molecule has 0 spiro atoms. The molecule has 1 aromatic heterocycles. The smallest absolute Gasteiger partial charge is 0.287 e. The van der Waals surface area contributed by atoms with Gasteiger partial charge < -0.3 is 19.6 Å². The van der Waals surface area contributed by atoms with E-state index in [0.717, 1.165) is 32.5 Å². The molecule has 2 N–H and O–H groups in total. The van der Waals surface area contributed by atoms with Crippen LogP contribution in [0.4, 0.5) is 0 Å². The number of phenolic OH excluding ortho intramolecular Hbond substituents is 1. The molecule has 140 valence electrons. The molecule has 0 saturated carbocycles. The molecule has 0 unspecified atom stereocenters. The summed E-state index contributed by atoms with van der Waals surface area (Å²) in [5.74, 6) is 0.865. The highest BCUT2D eigenvalue weighted by molar-refractivity contribution is 6.03. The number of carbonyl (C=O) groups is 2. The minimum Gasteiger partial charge on any atom is -0.507 e. The SMILES string of the molecule is C[C@H](CCNC(=O)c1cc2c(C=O)c(O)ccc2o1)[C@H]1CCCOCC1. The maximum atomic E-state index is 12.3. The zero-order chi connectivity index (χ0) is 18.5. The van der Waals surface area contributed by atoms with Gasteiger partial charge in [0.05, 0.1) is 5.56 Å². The van der Waals surface area contributed by atoms with Gasteiger partial charge in [0.1, 0.15) is 11.3 Å². The van der Waals surface area contributed by atoms with Gasteiger partial charge in [0.2, 0.25) is 0 Å². The van der Waals surface area contributed by atoms with Crippen molar-refractivity contribution in [2.45, 2.75) is 32.6 Å². The van der Waals surface area contributed by atoms with Crippen LogP contribution >= 0.6 is 0 Å². The van der Waals surface area contributed by atoms with Gasteiger partial charge in [-0.05, 0) is 55.7 Å². The molecule has 1 saturated heterocycles. The molecule has 6 nitrogen and oxygen atoms in total. The maximum absolute atomic E-state index is 12.3. The topological polar surface area (TPSA) is 88.8 Å². The molecule has 0 aliphatic carbocycles. The quantitative estimate of drug-likeness (QED) is 0.770. The van der Waals surface area contributed by atoms with Gasteiger partial charge in [-0.15, -0.1) is 0 Å². The summed E-state index contributed by atoms with van der Waals surface area (Å²) in [6.07, 6.45) is 4.82. The number of aromatic hydroxyl groups is 1. The Balaban J connectivity index is 1.58. The number of hydrogen-bond acceptors (Lipinski definition) is 5. The van der Waals surface area contributed by atoms with Crippen molar-refractivity contribution in [1.82, 2.24) is 5.32 Å². The second-order valence-electron chi connectivity index (χ2n) is 6.96. The van der Waals surface area contributed by atoms with Gasteiger partial charge in [-0.2, -0.15) is 0 Å². The van der Waals surface area contributed by atoms with E-state index in [0.29, 0.717) is 35.6 Å². The lowest BCUT2D eigenvalue weighted by molar-refractivity contribution is 0.0923. The first kappa shape index (κ1) is 18.5. The van der Waals surface area contributed by atoms with Crippen molar-refractivity contribution < 1.29 is 23.8 Å². The number of amides is 1. The molecule has 2 heterocycles. The molecule has 26 heavy (non-hydrogen) atoms. The summed E-state index contributed by atoms with van der Waals surface area (Å²) >= 11 is 0. The predicted octanol–water partition coefficient (Wildman–Crippen LogP) is 3.52. The van der Waals surface area contributed by atoms with E-state index in [1.807, 2.05) is 0 Å². The number of nitrogens with one attached hydrogen (secondary N) is 1. The lowest BCUT2D eigenvalue weighted by Gasteiger charge is -2.21. The Kier molecular flexibility index (Phi) is 5.93. The molecule has 0 bridgehead atoms. The molecule has 2 atom stereocenters. The zero-order valence-electron chi connectivity index (χ0n) is 15.0. The second-order valence-corrected chi connectivity index (χ2v) is 6.96. The summed E-state index contributed by atoms with van der Waals surface area (Å²) < 4.78 is 11.0. The highest BCUT2D eigenvalue weighted by Gasteiger charge is 2.20. The Labute approximate surface area is 152 Å². The Morgan fingerprint density at radius 1 is 1.38 bits per heavy atom. The fourth-order valence-electron chi connectivity index (χ4n) is 3.59. The summed E-state index contributed by atoms with van der Waals surface area (Å²) in [5.41, 5.74) is 0.538. The summed E-state index contributed by atoms with van der Waals surface area (Å²) in [6.45, 7) is 4.47. The second kappa shape index (κ2) is 8.36. The molecular formula is C20H25NO5. The van der Waals surface area contributed by atoms with E-state index in [2.05, 4.69) is 12.2 Å². The number of ether oxygens (including phenoxy) is 1. The number of furan rings is 1. The minimum atomic E-state index is -0.311. The van der Waals surface area contributed by atoms with Crippen LogP contribution in [0.2, 0.25) is 0 Å². The van der Waals surface area contributed by atoms with E-state index in [9.17, 15) is 14.7 Å². The number of hydrogen-bond donors (Lipinski definition) is 2. The van der Waals surface area contributed by atoms with E-state index in [1.54, 1.807) is 6.07 Å². The fraction of sp³-hybridized carbons (Fsp3) is 0.500. The van der Waals surface area contributed by atoms with Crippen molar-refractivity contribution in [3.63, 3.8) is 0 Å². The van der Waals surface area contributed by atoms with E-state index in [1.165, 1.54) is 18.6 Å². The van der Waals surface area contributed by atoms with Crippen molar-refractivity contribution in [2.75, 3.05) is 19.8 Å². The van der Waals surface area contributed by atoms with E-state index < -0.39 is 0 Å². The van der Waals surface area contributed by atoms with Crippen LogP contribution in [0.1, 0.15) is 53.5 Å². The lowest BCUT2D eigenvalue weighted by atomic mass is 9.85. The van der Waals surface area contributed by atoms with Gasteiger partial charge in [0.15, 0.2) is 12.0 Å². The molecular weight excluding hydrogens is 334 g/mol. The van der Waals surface area contributed by atoms with E-state index >= 15 is 0 Å². The molecule has 1 aliphatic heterocycles. The minimum absolute atomic E-state index is 0.124. The third-order valence-corrected chi connectivity index (χ3v) is 5.25. The van der Waals surface area contributed by atoms with Crippen molar-refractivity contribution in [3.8, 4) is 5.75 Å². The first-order chi connectivity index (χ1) is 12.6. The summed E-state index contributed by atoms with van der Waals surface area (Å²) in [5, 5.41) is 13.0. The Bertz CT molecular complexity index is 774. The van der Waals surface area contributed by atoms with Crippen molar-refractivity contribution >= 4 is 23.2 Å². The maximum Gasteiger partial charge on any atom is 0.287 e. The molecule has 1 amide bonds. The predicted molar refractivity (Wildman–Crippen MR) is 97.5 cm³/mol. The van der Waals surface area contributed by atoms with Gasteiger partial charge in [0, 0.05) is 25.1 Å². The van der Waals surface area contributed by atoms with Crippen LogP contribution in [0, 0.1) is 11.8 Å². The normalized spacial score (nSPS) is 19.0. The van der Waals surface area contributed by atoms with Crippen LogP contribution in [-0.4, -0.2) is 37.1 Å². The Hall–Kier alpha value is -2.34. The highest BCUT2D eigenvalue weighted by atomic mass is 16.5. The summed E-state index contributed by atoms with van der Waals surface area (Å²) in [6, 6.07) is 4.43. The van der Waals surface area contributed by atoms with Gasteiger partial charge >= 0.3 is 0 Å². The summed E-state index contributed by atoms with van der Waals surface area (Å²) in [4.78, 5) is 23.5.